The second-order valence-corrected chi connectivity index (χ2v) is 5.31. The number of carbonyl (C=O) groups is 2. The maximum Gasteiger partial charge on any atom is 0.354 e. The van der Waals surface area contributed by atoms with Crippen molar-refractivity contribution >= 4 is 17.6 Å². The molecule has 1 aromatic carbocycles. The molecule has 22 heavy (non-hydrogen) atoms. The van der Waals surface area contributed by atoms with E-state index in [4.69, 9.17) is 19.4 Å². The molecule has 2 atom stereocenters. The average molecular weight is 304 g/mol. The Morgan fingerprint density at radius 1 is 1.23 bits per heavy atom. The van der Waals surface area contributed by atoms with Gasteiger partial charge in [0.25, 0.3) is 5.91 Å². The Bertz CT molecular complexity index is 701. The van der Waals surface area contributed by atoms with Crippen molar-refractivity contribution in [2.45, 2.75) is 6.10 Å². The summed E-state index contributed by atoms with van der Waals surface area (Å²) in [6.07, 6.45) is -0.385. The van der Waals surface area contributed by atoms with Crippen molar-refractivity contribution in [2.75, 3.05) is 19.9 Å². The molecule has 0 bridgehead atoms. The number of aliphatic carboxylic acids is 1. The van der Waals surface area contributed by atoms with Crippen LogP contribution in [0.1, 0.15) is 10.4 Å². The summed E-state index contributed by atoms with van der Waals surface area (Å²) >= 11 is 0. The number of carboxylic acids is 1. The number of nitrogens with zero attached hydrogens (tertiary/aromatic N) is 2. The molecule has 3 aliphatic rings. The largest absolute Gasteiger partial charge is 0.477 e. The van der Waals surface area contributed by atoms with E-state index in [1.165, 1.54) is 0 Å². The number of benzene rings is 1. The van der Waals surface area contributed by atoms with Crippen molar-refractivity contribution in [1.82, 2.24) is 4.90 Å². The molecule has 114 valence electrons. The summed E-state index contributed by atoms with van der Waals surface area (Å²) in [6, 6.07) is 4.98. The Morgan fingerprint density at radius 2 is 2.05 bits per heavy atom. The summed E-state index contributed by atoms with van der Waals surface area (Å²) in [7, 11) is 0. The Kier molecular flexibility index (Phi) is 2.72. The Morgan fingerprint density at radius 3 is 2.86 bits per heavy atom. The summed E-state index contributed by atoms with van der Waals surface area (Å²) in [5.41, 5.74) is 0.448. The highest BCUT2D eigenvalue weighted by molar-refractivity contribution is 6.37. The lowest BCUT2D eigenvalue weighted by molar-refractivity contribution is -0.129. The van der Waals surface area contributed by atoms with Gasteiger partial charge in [-0.15, -0.1) is 0 Å². The van der Waals surface area contributed by atoms with Crippen molar-refractivity contribution in [1.29, 1.82) is 0 Å². The molecule has 3 heterocycles. The van der Waals surface area contributed by atoms with E-state index in [0.29, 0.717) is 23.6 Å². The number of amides is 1. The number of rotatable bonds is 2. The summed E-state index contributed by atoms with van der Waals surface area (Å²) in [5.74, 6) is -0.533. The average Bonchev–Trinajstić information content (AvgIpc) is 3.19. The van der Waals surface area contributed by atoms with Crippen LogP contribution in [0.15, 0.2) is 23.4 Å². The molecule has 8 heteroatoms. The topological polar surface area (TPSA) is 97.7 Å². The fourth-order valence-electron chi connectivity index (χ4n) is 2.91. The van der Waals surface area contributed by atoms with Gasteiger partial charge in [0.15, 0.2) is 23.3 Å². The monoisotopic (exact) mass is 304 g/mol. The van der Waals surface area contributed by atoms with Gasteiger partial charge in [-0.05, 0) is 18.2 Å². The molecule has 8 nitrogen and oxygen atoms in total. The minimum Gasteiger partial charge on any atom is -0.477 e. The van der Waals surface area contributed by atoms with E-state index >= 15 is 0 Å². The maximum absolute atomic E-state index is 12.5. The van der Waals surface area contributed by atoms with Crippen molar-refractivity contribution in [2.24, 2.45) is 11.1 Å². The van der Waals surface area contributed by atoms with Crippen LogP contribution in [0.2, 0.25) is 0 Å². The van der Waals surface area contributed by atoms with Crippen LogP contribution in [0.3, 0.4) is 0 Å². The van der Waals surface area contributed by atoms with Gasteiger partial charge in [-0.3, -0.25) is 4.79 Å². The number of ether oxygens (including phenoxy) is 2. The zero-order valence-electron chi connectivity index (χ0n) is 11.4. The standard InChI is InChI=1S/C14H12N2O6/c17-13(7-1-2-9-10(3-7)21-6-20-9)16-4-8-11(5-16)22-15-12(8)14(18)19/h1-3,8,11H,4-6H2,(H,18,19). The number of likely N-dealkylation sites (tertiary alicyclic amines) is 1. The minimum atomic E-state index is -1.11. The van der Waals surface area contributed by atoms with Crippen molar-refractivity contribution in [3.8, 4) is 11.5 Å². The number of oxime groups is 1. The zero-order valence-corrected chi connectivity index (χ0v) is 11.4. The van der Waals surface area contributed by atoms with Gasteiger partial charge in [-0.25, -0.2) is 4.79 Å². The highest BCUT2D eigenvalue weighted by atomic mass is 16.7. The Hall–Kier alpha value is -2.77. The van der Waals surface area contributed by atoms with Crippen LogP contribution in [0.25, 0.3) is 0 Å². The van der Waals surface area contributed by atoms with E-state index in [9.17, 15) is 9.59 Å². The summed E-state index contributed by atoms with van der Waals surface area (Å²) in [5, 5.41) is 12.6. The number of hydrogen-bond donors (Lipinski definition) is 1. The molecule has 0 radical (unpaired) electrons. The van der Waals surface area contributed by atoms with Gasteiger partial charge < -0.3 is 24.3 Å². The molecule has 1 aromatic rings. The molecule has 3 aliphatic heterocycles. The lowest BCUT2D eigenvalue weighted by Gasteiger charge is -2.16. The van der Waals surface area contributed by atoms with E-state index < -0.39 is 5.97 Å². The predicted molar refractivity (Wildman–Crippen MR) is 71.9 cm³/mol. The van der Waals surface area contributed by atoms with Gasteiger partial charge in [0.2, 0.25) is 6.79 Å². The van der Waals surface area contributed by atoms with Crippen LogP contribution >= 0.6 is 0 Å². The highest BCUT2D eigenvalue weighted by Crippen LogP contribution is 2.34. The third kappa shape index (κ3) is 1.87. The Balaban J connectivity index is 1.53. The second kappa shape index (κ2) is 4.62. The molecule has 0 aliphatic carbocycles. The van der Waals surface area contributed by atoms with Crippen LogP contribution < -0.4 is 9.47 Å². The van der Waals surface area contributed by atoms with E-state index in [2.05, 4.69) is 5.16 Å². The molecule has 2 unspecified atom stereocenters. The molecular weight excluding hydrogens is 292 g/mol. The molecule has 1 amide bonds. The number of carbonyl (C=O) groups excluding carboxylic acids is 1. The second-order valence-electron chi connectivity index (χ2n) is 5.31. The smallest absolute Gasteiger partial charge is 0.354 e. The van der Waals surface area contributed by atoms with Crippen molar-refractivity contribution in [3.63, 3.8) is 0 Å². The number of fused-ring (bicyclic) bond motifs is 2. The Labute approximate surface area is 124 Å². The first-order valence-electron chi connectivity index (χ1n) is 6.79. The zero-order chi connectivity index (χ0) is 15.3. The van der Waals surface area contributed by atoms with Gasteiger partial charge in [0.1, 0.15) is 0 Å². The molecule has 0 aromatic heterocycles. The molecule has 0 spiro atoms. The van der Waals surface area contributed by atoms with Gasteiger partial charge in [-0.2, -0.15) is 0 Å². The number of carboxylic acid groups (broad SMARTS) is 1. The summed E-state index contributed by atoms with van der Waals surface area (Å²) in [4.78, 5) is 30.3. The first-order chi connectivity index (χ1) is 10.6. The van der Waals surface area contributed by atoms with Gasteiger partial charge in [0, 0.05) is 12.1 Å². The molecule has 1 N–H and O–H groups in total. The van der Waals surface area contributed by atoms with Crippen molar-refractivity contribution in [3.05, 3.63) is 23.8 Å². The fraction of sp³-hybridized carbons (Fsp3) is 0.357. The molecule has 1 fully saturated rings. The van der Waals surface area contributed by atoms with Crippen LogP contribution in [0.4, 0.5) is 0 Å². The molecule has 4 rings (SSSR count). The van der Waals surface area contributed by atoms with Crippen LogP contribution in [-0.2, 0) is 9.63 Å². The molecule has 1 saturated heterocycles. The molecular formula is C14H12N2O6. The van der Waals surface area contributed by atoms with E-state index in [0.717, 1.165) is 0 Å². The summed E-state index contributed by atoms with van der Waals surface area (Å²) < 4.78 is 10.5. The third-order valence-corrected chi connectivity index (χ3v) is 4.03. The lowest BCUT2D eigenvalue weighted by atomic mass is 10.0. The first kappa shape index (κ1) is 12.9. The maximum atomic E-state index is 12.5. The number of hydrogen-bond acceptors (Lipinski definition) is 6. The normalized spacial score (nSPS) is 24.7. The van der Waals surface area contributed by atoms with Crippen LogP contribution in [0, 0.1) is 5.92 Å². The van der Waals surface area contributed by atoms with Crippen LogP contribution in [0.5, 0.6) is 11.5 Å². The SMILES string of the molecule is O=C(O)C1=NOC2CN(C(=O)c3ccc4c(c3)OCO4)CC12. The van der Waals surface area contributed by atoms with E-state index in [1.54, 1.807) is 23.1 Å². The summed E-state index contributed by atoms with van der Waals surface area (Å²) in [6.45, 7) is 0.744. The quantitative estimate of drug-likeness (QED) is 0.845. The fourth-order valence-corrected chi connectivity index (χ4v) is 2.91. The highest BCUT2D eigenvalue weighted by Gasteiger charge is 2.46. The van der Waals surface area contributed by atoms with Gasteiger partial charge in [0.05, 0.1) is 12.5 Å². The van der Waals surface area contributed by atoms with Crippen LogP contribution in [-0.4, -0.2) is 53.6 Å². The molecule has 0 saturated carbocycles. The van der Waals surface area contributed by atoms with Gasteiger partial charge >= 0.3 is 5.97 Å². The van der Waals surface area contributed by atoms with Crippen molar-refractivity contribution < 1.29 is 29.0 Å². The van der Waals surface area contributed by atoms with E-state index in [1.807, 2.05) is 0 Å². The van der Waals surface area contributed by atoms with E-state index in [-0.39, 0.29) is 37.0 Å². The van der Waals surface area contributed by atoms with Gasteiger partial charge in [-0.1, -0.05) is 5.16 Å². The lowest BCUT2D eigenvalue weighted by Crippen LogP contribution is -2.31. The first-order valence-corrected chi connectivity index (χ1v) is 6.79. The minimum absolute atomic E-state index is 0.0222. The predicted octanol–water partition coefficient (Wildman–Crippen LogP) is 0.327. The third-order valence-electron chi connectivity index (χ3n) is 4.03.